The van der Waals surface area contributed by atoms with Crippen LogP contribution in [0.3, 0.4) is 0 Å². The van der Waals surface area contributed by atoms with E-state index in [9.17, 15) is 13.6 Å². The van der Waals surface area contributed by atoms with Crippen molar-refractivity contribution in [2.24, 2.45) is 0 Å². The summed E-state index contributed by atoms with van der Waals surface area (Å²) in [6.45, 7) is 5.77. The highest BCUT2D eigenvalue weighted by Gasteiger charge is 2.19. The number of anilines is 2. The van der Waals surface area contributed by atoms with Crippen LogP contribution in [-0.4, -0.2) is 16.4 Å². The third-order valence-corrected chi connectivity index (χ3v) is 3.44. The number of carbonyl (C=O) groups excluding carboxylic acids is 1. The molecule has 1 aromatic carbocycles. The molecule has 0 unspecified atom stereocenters. The molecule has 0 spiro atoms. The fourth-order valence-electron chi connectivity index (χ4n) is 1.86. The SMILES string of the molecule is CC(C)(C)Nc1ncccc1C(=O)Nc1ccc(Br)c(F)c1F. The Morgan fingerprint density at radius 2 is 1.87 bits per heavy atom. The van der Waals surface area contributed by atoms with Crippen molar-refractivity contribution >= 4 is 33.3 Å². The number of amides is 1. The number of aromatic nitrogens is 1. The Bertz CT molecular complexity index is 745. The van der Waals surface area contributed by atoms with Gasteiger partial charge in [-0.25, -0.2) is 13.8 Å². The molecule has 0 radical (unpaired) electrons. The molecular weight excluding hydrogens is 368 g/mol. The second-order valence-electron chi connectivity index (χ2n) is 5.95. The normalized spacial score (nSPS) is 11.2. The smallest absolute Gasteiger partial charge is 0.259 e. The number of carbonyl (C=O) groups is 1. The van der Waals surface area contributed by atoms with Crippen LogP contribution in [0.1, 0.15) is 31.1 Å². The van der Waals surface area contributed by atoms with Crippen molar-refractivity contribution in [3.8, 4) is 0 Å². The molecule has 1 heterocycles. The van der Waals surface area contributed by atoms with Crippen LogP contribution in [0.2, 0.25) is 0 Å². The van der Waals surface area contributed by atoms with Crippen LogP contribution in [0.4, 0.5) is 20.3 Å². The van der Waals surface area contributed by atoms with E-state index in [-0.39, 0.29) is 21.3 Å². The summed E-state index contributed by atoms with van der Waals surface area (Å²) < 4.78 is 27.4. The molecule has 4 nitrogen and oxygen atoms in total. The van der Waals surface area contributed by atoms with E-state index >= 15 is 0 Å². The van der Waals surface area contributed by atoms with Gasteiger partial charge in [0.2, 0.25) is 0 Å². The number of nitrogens with zero attached hydrogens (tertiary/aromatic N) is 1. The maximum Gasteiger partial charge on any atom is 0.259 e. The lowest BCUT2D eigenvalue weighted by Gasteiger charge is -2.22. The van der Waals surface area contributed by atoms with E-state index in [0.29, 0.717) is 5.82 Å². The summed E-state index contributed by atoms with van der Waals surface area (Å²) in [4.78, 5) is 16.5. The minimum Gasteiger partial charge on any atom is -0.365 e. The molecule has 0 saturated heterocycles. The molecule has 122 valence electrons. The number of pyridine rings is 1. The van der Waals surface area contributed by atoms with Gasteiger partial charge in [-0.15, -0.1) is 0 Å². The summed E-state index contributed by atoms with van der Waals surface area (Å²) in [5, 5.41) is 5.47. The zero-order valence-corrected chi connectivity index (χ0v) is 14.5. The van der Waals surface area contributed by atoms with E-state index in [2.05, 4.69) is 31.5 Å². The van der Waals surface area contributed by atoms with Crippen LogP contribution in [0.5, 0.6) is 0 Å². The van der Waals surface area contributed by atoms with Crippen LogP contribution in [0.25, 0.3) is 0 Å². The summed E-state index contributed by atoms with van der Waals surface area (Å²) >= 11 is 2.89. The van der Waals surface area contributed by atoms with Gasteiger partial charge in [0.15, 0.2) is 11.6 Å². The van der Waals surface area contributed by atoms with Gasteiger partial charge in [0.05, 0.1) is 15.7 Å². The van der Waals surface area contributed by atoms with Gasteiger partial charge >= 0.3 is 0 Å². The molecule has 0 aliphatic carbocycles. The molecule has 0 aliphatic rings. The third kappa shape index (κ3) is 4.25. The number of hydrogen-bond acceptors (Lipinski definition) is 3. The maximum absolute atomic E-state index is 13.9. The maximum atomic E-state index is 13.9. The van der Waals surface area contributed by atoms with Crippen molar-refractivity contribution in [3.05, 3.63) is 52.1 Å². The summed E-state index contributed by atoms with van der Waals surface area (Å²) in [5.41, 5.74) is -0.301. The van der Waals surface area contributed by atoms with Gasteiger partial charge in [0.25, 0.3) is 5.91 Å². The molecule has 1 aromatic heterocycles. The highest BCUT2D eigenvalue weighted by Crippen LogP contribution is 2.25. The Morgan fingerprint density at radius 3 is 2.52 bits per heavy atom. The van der Waals surface area contributed by atoms with Gasteiger partial charge in [-0.1, -0.05) is 0 Å². The number of benzene rings is 1. The number of rotatable bonds is 3. The topological polar surface area (TPSA) is 54.0 Å². The zero-order valence-electron chi connectivity index (χ0n) is 12.9. The first-order chi connectivity index (χ1) is 10.7. The van der Waals surface area contributed by atoms with Gasteiger partial charge in [0.1, 0.15) is 5.82 Å². The molecule has 0 fully saturated rings. The Balaban J connectivity index is 2.30. The standard InChI is InChI=1S/C16H16BrF2N3O/c1-16(2,3)22-14-9(5-4-8-20-14)15(23)21-11-7-6-10(17)12(18)13(11)19/h4-8H,1-3H3,(H,20,22)(H,21,23). The van der Waals surface area contributed by atoms with Crippen molar-refractivity contribution in [1.29, 1.82) is 0 Å². The van der Waals surface area contributed by atoms with E-state index in [1.807, 2.05) is 20.8 Å². The lowest BCUT2D eigenvalue weighted by molar-refractivity contribution is 0.102. The monoisotopic (exact) mass is 383 g/mol. The van der Waals surface area contributed by atoms with Crippen molar-refractivity contribution in [3.63, 3.8) is 0 Å². The molecule has 2 N–H and O–H groups in total. The molecule has 2 rings (SSSR count). The van der Waals surface area contributed by atoms with E-state index in [1.54, 1.807) is 18.3 Å². The van der Waals surface area contributed by atoms with Crippen molar-refractivity contribution in [2.75, 3.05) is 10.6 Å². The van der Waals surface area contributed by atoms with Crippen molar-refractivity contribution < 1.29 is 13.6 Å². The average Bonchev–Trinajstić information content (AvgIpc) is 2.46. The molecule has 0 atom stereocenters. The van der Waals surface area contributed by atoms with Crippen molar-refractivity contribution in [1.82, 2.24) is 4.98 Å². The summed E-state index contributed by atoms with van der Waals surface area (Å²) in [6.07, 6.45) is 1.55. The highest BCUT2D eigenvalue weighted by molar-refractivity contribution is 9.10. The molecule has 2 aromatic rings. The molecule has 7 heteroatoms. The lowest BCUT2D eigenvalue weighted by Crippen LogP contribution is -2.28. The first-order valence-electron chi connectivity index (χ1n) is 6.87. The quantitative estimate of drug-likeness (QED) is 0.762. The Kier molecular flexibility index (Phi) is 4.99. The first kappa shape index (κ1) is 17.3. The van der Waals surface area contributed by atoms with Crippen LogP contribution in [0, 0.1) is 11.6 Å². The van der Waals surface area contributed by atoms with E-state index in [1.165, 1.54) is 12.1 Å². The van der Waals surface area contributed by atoms with Gasteiger partial charge in [-0.2, -0.15) is 0 Å². The average molecular weight is 384 g/mol. The Hall–Kier alpha value is -2.02. The summed E-state index contributed by atoms with van der Waals surface area (Å²) in [7, 11) is 0. The van der Waals surface area contributed by atoms with Crippen LogP contribution in [0.15, 0.2) is 34.9 Å². The fraction of sp³-hybridized carbons (Fsp3) is 0.250. The second kappa shape index (κ2) is 6.62. The molecule has 0 bridgehead atoms. The molecule has 23 heavy (non-hydrogen) atoms. The van der Waals surface area contributed by atoms with E-state index in [4.69, 9.17) is 0 Å². The van der Waals surface area contributed by atoms with Gasteiger partial charge in [-0.3, -0.25) is 4.79 Å². The van der Waals surface area contributed by atoms with Gasteiger partial charge in [-0.05, 0) is 61.0 Å². The summed E-state index contributed by atoms with van der Waals surface area (Å²) in [5.74, 6) is -2.38. The molecule has 1 amide bonds. The second-order valence-corrected chi connectivity index (χ2v) is 6.81. The predicted molar refractivity (Wildman–Crippen MR) is 89.6 cm³/mol. The van der Waals surface area contributed by atoms with Crippen LogP contribution < -0.4 is 10.6 Å². The molecule has 0 aliphatic heterocycles. The molecular formula is C16H16BrF2N3O. The first-order valence-corrected chi connectivity index (χ1v) is 7.66. The zero-order chi connectivity index (χ0) is 17.2. The fourth-order valence-corrected chi connectivity index (χ4v) is 2.16. The lowest BCUT2D eigenvalue weighted by atomic mass is 10.1. The van der Waals surface area contributed by atoms with E-state index in [0.717, 1.165) is 0 Å². The van der Waals surface area contributed by atoms with E-state index < -0.39 is 17.5 Å². The summed E-state index contributed by atoms with van der Waals surface area (Å²) in [6, 6.07) is 5.77. The Morgan fingerprint density at radius 1 is 1.17 bits per heavy atom. The third-order valence-electron chi connectivity index (χ3n) is 2.83. The minimum absolute atomic E-state index is 0.00975. The van der Waals surface area contributed by atoms with Crippen LogP contribution >= 0.6 is 15.9 Å². The highest BCUT2D eigenvalue weighted by atomic mass is 79.9. The van der Waals surface area contributed by atoms with Gasteiger partial charge in [0, 0.05) is 11.7 Å². The number of hydrogen-bond donors (Lipinski definition) is 2. The predicted octanol–water partition coefficient (Wildman–Crippen LogP) is 4.59. The number of nitrogens with one attached hydrogen (secondary N) is 2. The number of halogens is 3. The molecule has 0 saturated carbocycles. The Labute approximate surface area is 141 Å². The van der Waals surface area contributed by atoms with Crippen LogP contribution in [-0.2, 0) is 0 Å². The van der Waals surface area contributed by atoms with Gasteiger partial charge < -0.3 is 10.6 Å². The minimum atomic E-state index is -1.12. The van der Waals surface area contributed by atoms with Crippen molar-refractivity contribution in [2.45, 2.75) is 26.3 Å². The largest absolute Gasteiger partial charge is 0.365 e.